The summed E-state index contributed by atoms with van der Waals surface area (Å²) in [4.78, 5) is 14.6. The Kier molecular flexibility index (Phi) is 4.02. The number of carbonyl (C=O) groups excluding carboxylic acids is 1. The van der Waals surface area contributed by atoms with Gasteiger partial charge < -0.3 is 14.7 Å². The molecule has 3 rings (SSSR count). The molecule has 1 aromatic rings. The summed E-state index contributed by atoms with van der Waals surface area (Å²) in [6.07, 6.45) is 3.45. The first kappa shape index (κ1) is 14.6. The average molecular weight is 291 g/mol. The van der Waals surface area contributed by atoms with Gasteiger partial charge in [0.15, 0.2) is 5.69 Å². The normalized spacial score (nSPS) is 26.5. The molecule has 0 spiro atoms. The second-order valence-corrected chi connectivity index (χ2v) is 7.08. The molecule has 2 atom stereocenters. The smallest absolute Gasteiger partial charge is 0.273 e. The first-order chi connectivity index (χ1) is 10.0. The highest BCUT2D eigenvalue weighted by atomic mass is 16.5. The van der Waals surface area contributed by atoms with E-state index in [0.717, 1.165) is 38.1 Å². The van der Waals surface area contributed by atoms with Crippen LogP contribution in [0.15, 0.2) is 10.6 Å². The van der Waals surface area contributed by atoms with Gasteiger partial charge in [-0.2, -0.15) is 0 Å². The SMILES string of the molecule is CC(C)C[C@H]1CN(C)CC1NC(=O)c1cc(C2CC2)on1. The number of hydrogen-bond donors (Lipinski definition) is 1. The van der Waals surface area contributed by atoms with Gasteiger partial charge in [-0.15, -0.1) is 0 Å². The predicted octanol–water partition coefficient (Wildman–Crippen LogP) is 2.26. The molecule has 1 saturated carbocycles. The quantitative estimate of drug-likeness (QED) is 0.904. The van der Waals surface area contributed by atoms with Crippen molar-refractivity contribution < 1.29 is 9.32 Å². The summed E-state index contributed by atoms with van der Waals surface area (Å²) in [5, 5.41) is 7.07. The number of rotatable bonds is 5. The Balaban J connectivity index is 1.61. The summed E-state index contributed by atoms with van der Waals surface area (Å²) in [5.41, 5.74) is 0.426. The van der Waals surface area contributed by atoms with Crippen molar-refractivity contribution in [2.24, 2.45) is 11.8 Å². The second kappa shape index (κ2) is 5.79. The molecule has 1 aliphatic heterocycles. The maximum Gasteiger partial charge on any atom is 0.273 e. The van der Waals surface area contributed by atoms with Gasteiger partial charge >= 0.3 is 0 Å². The summed E-state index contributed by atoms with van der Waals surface area (Å²) in [6.45, 7) is 6.43. The lowest BCUT2D eigenvalue weighted by molar-refractivity contribution is 0.0918. The van der Waals surface area contributed by atoms with E-state index in [1.54, 1.807) is 0 Å². The molecule has 1 amide bonds. The van der Waals surface area contributed by atoms with E-state index in [2.05, 4.69) is 36.3 Å². The predicted molar refractivity (Wildman–Crippen MR) is 80.2 cm³/mol. The molecule has 5 nitrogen and oxygen atoms in total. The Bertz CT molecular complexity index is 507. The fourth-order valence-electron chi connectivity index (χ4n) is 3.29. The number of likely N-dealkylation sites (N-methyl/N-ethyl adjacent to an activating group) is 1. The van der Waals surface area contributed by atoms with E-state index in [1.165, 1.54) is 0 Å². The minimum atomic E-state index is -0.0975. The zero-order chi connectivity index (χ0) is 15.0. The zero-order valence-corrected chi connectivity index (χ0v) is 13.1. The lowest BCUT2D eigenvalue weighted by atomic mass is 9.93. The Morgan fingerprint density at radius 3 is 2.90 bits per heavy atom. The third-order valence-corrected chi connectivity index (χ3v) is 4.45. The first-order valence-corrected chi connectivity index (χ1v) is 7.99. The fraction of sp³-hybridized carbons (Fsp3) is 0.750. The molecular formula is C16H25N3O2. The molecule has 1 aliphatic carbocycles. The van der Waals surface area contributed by atoms with Gasteiger partial charge in [0.2, 0.25) is 0 Å². The van der Waals surface area contributed by atoms with Crippen molar-refractivity contribution in [1.29, 1.82) is 0 Å². The molecule has 2 fully saturated rings. The molecule has 1 aromatic heterocycles. The largest absolute Gasteiger partial charge is 0.360 e. The number of likely N-dealkylation sites (tertiary alicyclic amines) is 1. The number of hydrogen-bond acceptors (Lipinski definition) is 4. The van der Waals surface area contributed by atoms with Crippen LogP contribution < -0.4 is 5.32 Å². The summed E-state index contributed by atoms with van der Waals surface area (Å²) in [5.74, 6) is 2.43. The molecule has 1 unspecified atom stereocenters. The standard InChI is InChI=1S/C16H25N3O2/c1-10(2)6-12-8-19(3)9-14(12)17-16(20)13-7-15(21-18-13)11-4-5-11/h7,10-12,14H,4-6,8-9H2,1-3H3,(H,17,20)/t12-,14?/m0/s1. The van der Waals surface area contributed by atoms with E-state index in [1.807, 2.05) is 6.07 Å². The van der Waals surface area contributed by atoms with E-state index >= 15 is 0 Å². The Morgan fingerprint density at radius 2 is 2.24 bits per heavy atom. The molecule has 0 radical (unpaired) electrons. The highest BCUT2D eigenvalue weighted by Gasteiger charge is 2.34. The van der Waals surface area contributed by atoms with Gasteiger partial charge in [0.1, 0.15) is 5.76 Å². The molecule has 116 valence electrons. The lowest BCUT2D eigenvalue weighted by Gasteiger charge is -2.20. The van der Waals surface area contributed by atoms with Crippen LogP contribution in [0.2, 0.25) is 0 Å². The topological polar surface area (TPSA) is 58.4 Å². The highest BCUT2D eigenvalue weighted by Crippen LogP contribution is 2.40. The average Bonchev–Trinajstić information content (AvgIpc) is 3.04. The van der Waals surface area contributed by atoms with Crippen molar-refractivity contribution in [2.75, 3.05) is 20.1 Å². The van der Waals surface area contributed by atoms with Gasteiger partial charge in [0.25, 0.3) is 5.91 Å². The summed E-state index contributed by atoms with van der Waals surface area (Å²) >= 11 is 0. The number of carbonyl (C=O) groups is 1. The number of nitrogens with one attached hydrogen (secondary N) is 1. The number of amides is 1. The number of aromatic nitrogens is 1. The maximum absolute atomic E-state index is 12.3. The summed E-state index contributed by atoms with van der Waals surface area (Å²) in [7, 11) is 2.11. The van der Waals surface area contributed by atoms with Crippen LogP contribution in [0, 0.1) is 11.8 Å². The highest BCUT2D eigenvalue weighted by molar-refractivity contribution is 5.92. The van der Waals surface area contributed by atoms with Crippen molar-refractivity contribution in [3.8, 4) is 0 Å². The van der Waals surface area contributed by atoms with Crippen LogP contribution in [0.25, 0.3) is 0 Å². The molecule has 0 bridgehead atoms. The van der Waals surface area contributed by atoms with Crippen molar-refractivity contribution in [3.63, 3.8) is 0 Å². The van der Waals surface area contributed by atoms with E-state index < -0.39 is 0 Å². The van der Waals surface area contributed by atoms with Crippen LogP contribution in [0.4, 0.5) is 0 Å². The molecule has 21 heavy (non-hydrogen) atoms. The van der Waals surface area contributed by atoms with Crippen LogP contribution in [-0.4, -0.2) is 42.1 Å². The monoisotopic (exact) mass is 291 g/mol. The van der Waals surface area contributed by atoms with Crippen molar-refractivity contribution in [1.82, 2.24) is 15.4 Å². The first-order valence-electron chi connectivity index (χ1n) is 7.99. The van der Waals surface area contributed by atoms with Crippen LogP contribution in [0.5, 0.6) is 0 Å². The zero-order valence-electron chi connectivity index (χ0n) is 13.1. The Hall–Kier alpha value is -1.36. The van der Waals surface area contributed by atoms with Crippen molar-refractivity contribution in [3.05, 3.63) is 17.5 Å². The molecule has 0 aromatic carbocycles. The van der Waals surface area contributed by atoms with E-state index in [-0.39, 0.29) is 11.9 Å². The maximum atomic E-state index is 12.3. The van der Waals surface area contributed by atoms with Crippen LogP contribution in [0.1, 0.15) is 55.3 Å². The van der Waals surface area contributed by atoms with E-state index in [9.17, 15) is 4.79 Å². The minimum absolute atomic E-state index is 0.0975. The van der Waals surface area contributed by atoms with Gasteiger partial charge in [0.05, 0.1) is 0 Å². The van der Waals surface area contributed by atoms with Gasteiger partial charge in [-0.1, -0.05) is 19.0 Å². The van der Waals surface area contributed by atoms with Crippen molar-refractivity contribution >= 4 is 5.91 Å². The second-order valence-electron chi connectivity index (χ2n) is 7.08. The van der Waals surface area contributed by atoms with Gasteiger partial charge in [0, 0.05) is 31.1 Å². The number of nitrogens with zero attached hydrogens (tertiary/aromatic N) is 2. The van der Waals surface area contributed by atoms with Crippen molar-refractivity contribution in [2.45, 2.75) is 45.1 Å². The van der Waals surface area contributed by atoms with Crippen LogP contribution in [-0.2, 0) is 0 Å². The van der Waals surface area contributed by atoms with Gasteiger partial charge in [-0.25, -0.2) is 0 Å². The van der Waals surface area contributed by atoms with E-state index in [0.29, 0.717) is 23.4 Å². The Labute approximate surface area is 126 Å². The third-order valence-electron chi connectivity index (χ3n) is 4.45. The fourth-order valence-corrected chi connectivity index (χ4v) is 3.29. The third kappa shape index (κ3) is 3.46. The summed E-state index contributed by atoms with van der Waals surface area (Å²) in [6, 6.07) is 2.02. The molecule has 1 N–H and O–H groups in total. The lowest BCUT2D eigenvalue weighted by Crippen LogP contribution is -2.40. The minimum Gasteiger partial charge on any atom is -0.360 e. The van der Waals surface area contributed by atoms with Crippen LogP contribution >= 0.6 is 0 Å². The van der Waals surface area contributed by atoms with Crippen LogP contribution in [0.3, 0.4) is 0 Å². The molecular weight excluding hydrogens is 266 g/mol. The molecule has 2 heterocycles. The van der Waals surface area contributed by atoms with Gasteiger partial charge in [-0.3, -0.25) is 4.79 Å². The van der Waals surface area contributed by atoms with Gasteiger partial charge in [-0.05, 0) is 38.1 Å². The Morgan fingerprint density at radius 1 is 1.48 bits per heavy atom. The molecule has 5 heteroatoms. The molecule has 2 aliphatic rings. The summed E-state index contributed by atoms with van der Waals surface area (Å²) < 4.78 is 5.27. The molecule has 1 saturated heterocycles. The van der Waals surface area contributed by atoms with E-state index in [4.69, 9.17) is 4.52 Å².